The molecule has 12 rings (SSSR count). The Morgan fingerprint density at radius 2 is 0.710 bits per heavy atom. The highest BCUT2D eigenvalue weighted by Gasteiger charge is 2.37. The molecule has 0 fully saturated rings. The van der Waals surface area contributed by atoms with E-state index in [2.05, 4.69) is 244 Å². The normalized spacial score (nSPS) is 14.1. The third-order valence-corrected chi connectivity index (χ3v) is 14.0. The van der Waals surface area contributed by atoms with Crippen LogP contribution in [0.5, 0.6) is 0 Å². The van der Waals surface area contributed by atoms with Gasteiger partial charge in [-0.1, -0.05) is 167 Å². The van der Waals surface area contributed by atoms with Crippen molar-refractivity contribution in [2.75, 3.05) is 9.80 Å². The van der Waals surface area contributed by atoms with Crippen LogP contribution in [0.2, 0.25) is 0 Å². The molecule has 0 aliphatic heterocycles. The van der Waals surface area contributed by atoms with Crippen LogP contribution in [0.1, 0.15) is 49.9 Å². The summed E-state index contributed by atoms with van der Waals surface area (Å²) in [4.78, 5) is 4.90. The Labute approximate surface area is 364 Å². The zero-order valence-electron chi connectivity index (χ0n) is 35.5. The van der Waals surface area contributed by atoms with Gasteiger partial charge in [0.15, 0.2) is 0 Å². The molecule has 0 heterocycles. The summed E-state index contributed by atoms with van der Waals surface area (Å²) in [5.74, 6) is 0. The van der Waals surface area contributed by atoms with Crippen molar-refractivity contribution in [1.82, 2.24) is 0 Å². The first-order chi connectivity index (χ1) is 30.3. The quantitative estimate of drug-likeness (QED) is 0.155. The number of rotatable bonds is 6. The molecule has 2 aliphatic carbocycles. The van der Waals surface area contributed by atoms with Gasteiger partial charge in [-0.25, -0.2) is 0 Å². The number of anilines is 6. The van der Waals surface area contributed by atoms with Gasteiger partial charge in [-0.2, -0.15) is 0 Å². The number of nitrogens with zero attached hydrogens (tertiary/aromatic N) is 2. The highest BCUT2D eigenvalue weighted by atomic mass is 15.1. The van der Waals surface area contributed by atoms with E-state index in [-0.39, 0.29) is 10.8 Å². The third kappa shape index (κ3) is 5.36. The van der Waals surface area contributed by atoms with Crippen LogP contribution in [0.4, 0.5) is 34.1 Å². The lowest BCUT2D eigenvalue weighted by Gasteiger charge is -2.29. The average molecular weight is 795 g/mol. The zero-order valence-corrected chi connectivity index (χ0v) is 35.5. The van der Waals surface area contributed by atoms with Crippen LogP contribution in [0.15, 0.2) is 206 Å². The van der Waals surface area contributed by atoms with E-state index in [4.69, 9.17) is 0 Å². The van der Waals surface area contributed by atoms with Gasteiger partial charge in [0, 0.05) is 44.7 Å². The minimum Gasteiger partial charge on any atom is -0.310 e. The fourth-order valence-corrected chi connectivity index (χ4v) is 10.9. The molecule has 10 aromatic carbocycles. The summed E-state index contributed by atoms with van der Waals surface area (Å²) in [5, 5.41) is 7.35. The first-order valence-corrected chi connectivity index (χ1v) is 21.8. The molecule has 0 unspecified atom stereocenters. The summed E-state index contributed by atoms with van der Waals surface area (Å²) in [6, 6.07) is 76.7. The summed E-state index contributed by atoms with van der Waals surface area (Å²) in [5.41, 5.74) is 17.5. The number of hydrogen-bond acceptors (Lipinski definition) is 2. The molecule has 62 heavy (non-hydrogen) atoms. The van der Waals surface area contributed by atoms with Crippen LogP contribution in [0.25, 0.3) is 54.6 Å². The van der Waals surface area contributed by atoms with E-state index < -0.39 is 0 Å². The maximum absolute atomic E-state index is 2.47. The first-order valence-electron chi connectivity index (χ1n) is 21.8. The van der Waals surface area contributed by atoms with Crippen LogP contribution in [-0.4, -0.2) is 0 Å². The molecule has 296 valence electrons. The Hall–Kier alpha value is -7.42. The molecule has 0 N–H and O–H groups in total. The lowest BCUT2D eigenvalue weighted by atomic mass is 9.82. The van der Waals surface area contributed by atoms with Crippen LogP contribution in [-0.2, 0) is 10.8 Å². The molecule has 0 aromatic heterocycles. The molecule has 0 saturated carbocycles. The molecule has 2 nitrogen and oxygen atoms in total. The fraction of sp³-hybridized carbons (Fsp3) is 0.100. The maximum atomic E-state index is 2.47. The second-order valence-electron chi connectivity index (χ2n) is 18.2. The molecule has 0 amide bonds. The molecule has 2 heteroatoms. The number of para-hydroxylation sites is 2. The van der Waals surface area contributed by atoms with Crippen molar-refractivity contribution in [3.05, 3.63) is 229 Å². The lowest BCUT2D eigenvalue weighted by Crippen LogP contribution is -2.15. The summed E-state index contributed by atoms with van der Waals surface area (Å²) >= 11 is 0. The SMILES string of the molecule is CC1(C)c2ccccc2-c2cc(N(c3ccccc3)c3ccc4ccc5c6ccccc6c(N(c6ccccc6)c6ccc7c(c6)-c6ccccc6C7(C)C)cc5c4c3)ccc21. The van der Waals surface area contributed by atoms with Crippen molar-refractivity contribution >= 4 is 66.4 Å². The Morgan fingerprint density at radius 3 is 1.32 bits per heavy atom. The van der Waals surface area contributed by atoms with Gasteiger partial charge in [-0.05, 0) is 138 Å². The predicted molar refractivity (Wildman–Crippen MR) is 263 cm³/mol. The van der Waals surface area contributed by atoms with Crippen molar-refractivity contribution in [2.45, 2.75) is 38.5 Å². The van der Waals surface area contributed by atoms with Crippen molar-refractivity contribution < 1.29 is 0 Å². The van der Waals surface area contributed by atoms with Crippen LogP contribution >= 0.6 is 0 Å². The zero-order chi connectivity index (χ0) is 41.7. The second-order valence-corrected chi connectivity index (χ2v) is 18.2. The molecule has 0 atom stereocenters. The Morgan fingerprint density at radius 1 is 0.274 bits per heavy atom. The molecule has 0 bridgehead atoms. The minimum absolute atomic E-state index is 0.0567. The standard InChI is InChI=1S/C60H46N2/c1-59(2)54-25-15-13-22-47(54)52-36-43(30-33-56(52)59)61(40-17-7-5-8-18-40)42-29-27-39-28-32-46-45-21-11-12-24-49(45)58(38-51(46)50(39)35-42)62(41-19-9-6-10-20-41)44-31-34-57-53(37-44)48-23-14-16-26-55(48)60(57,3)4/h5-38H,1-4H3. The molecule has 0 saturated heterocycles. The van der Waals surface area contributed by atoms with Gasteiger partial charge in [0.2, 0.25) is 0 Å². The van der Waals surface area contributed by atoms with Crippen LogP contribution < -0.4 is 9.80 Å². The minimum atomic E-state index is -0.0667. The van der Waals surface area contributed by atoms with Crippen molar-refractivity contribution in [3.63, 3.8) is 0 Å². The van der Waals surface area contributed by atoms with Gasteiger partial charge in [-0.3, -0.25) is 0 Å². The molecule has 0 spiro atoms. The largest absolute Gasteiger partial charge is 0.310 e. The lowest BCUT2D eigenvalue weighted by molar-refractivity contribution is 0.660. The summed E-state index contributed by atoms with van der Waals surface area (Å²) in [7, 11) is 0. The number of hydrogen-bond donors (Lipinski definition) is 0. The molecule has 2 aliphatic rings. The number of benzene rings is 10. The molecular formula is C60H46N2. The summed E-state index contributed by atoms with van der Waals surface area (Å²) < 4.78 is 0. The van der Waals surface area contributed by atoms with Crippen molar-refractivity contribution in [1.29, 1.82) is 0 Å². The van der Waals surface area contributed by atoms with Crippen LogP contribution in [0, 0.1) is 0 Å². The van der Waals surface area contributed by atoms with E-state index in [0.717, 1.165) is 34.1 Å². The van der Waals surface area contributed by atoms with Gasteiger partial charge in [-0.15, -0.1) is 0 Å². The average Bonchev–Trinajstić information content (AvgIpc) is 3.68. The van der Waals surface area contributed by atoms with E-state index in [1.165, 1.54) is 76.8 Å². The van der Waals surface area contributed by atoms with E-state index in [1.807, 2.05) is 0 Å². The van der Waals surface area contributed by atoms with Gasteiger partial charge >= 0.3 is 0 Å². The summed E-state index contributed by atoms with van der Waals surface area (Å²) in [6.07, 6.45) is 0. The van der Waals surface area contributed by atoms with E-state index in [1.54, 1.807) is 0 Å². The van der Waals surface area contributed by atoms with Gasteiger partial charge in [0.05, 0.1) is 5.69 Å². The van der Waals surface area contributed by atoms with Gasteiger partial charge in [0.1, 0.15) is 0 Å². The van der Waals surface area contributed by atoms with Gasteiger partial charge in [0.25, 0.3) is 0 Å². The second kappa shape index (κ2) is 13.5. The van der Waals surface area contributed by atoms with Crippen molar-refractivity contribution in [3.8, 4) is 22.3 Å². The van der Waals surface area contributed by atoms with E-state index in [9.17, 15) is 0 Å². The topological polar surface area (TPSA) is 6.48 Å². The molecule has 10 aromatic rings. The molecular weight excluding hydrogens is 749 g/mol. The maximum Gasteiger partial charge on any atom is 0.0546 e. The molecule has 0 radical (unpaired) electrons. The van der Waals surface area contributed by atoms with Gasteiger partial charge < -0.3 is 9.80 Å². The fourth-order valence-electron chi connectivity index (χ4n) is 10.9. The predicted octanol–water partition coefficient (Wildman–Crippen LogP) is 16.7. The Balaban J connectivity index is 1.09. The first kappa shape index (κ1) is 36.4. The smallest absolute Gasteiger partial charge is 0.0546 e. The Kier molecular flexibility index (Phi) is 7.96. The van der Waals surface area contributed by atoms with E-state index in [0.29, 0.717) is 0 Å². The summed E-state index contributed by atoms with van der Waals surface area (Å²) in [6.45, 7) is 9.40. The van der Waals surface area contributed by atoms with Crippen LogP contribution in [0.3, 0.4) is 0 Å². The monoisotopic (exact) mass is 794 g/mol. The number of fused-ring (bicyclic) bond motifs is 11. The van der Waals surface area contributed by atoms with Crippen molar-refractivity contribution in [2.24, 2.45) is 0 Å². The van der Waals surface area contributed by atoms with E-state index >= 15 is 0 Å². The highest BCUT2D eigenvalue weighted by molar-refractivity contribution is 6.22. The third-order valence-electron chi connectivity index (χ3n) is 14.0. The Bertz CT molecular complexity index is 3410. The highest BCUT2D eigenvalue weighted by Crippen LogP contribution is 2.53.